The smallest absolute Gasteiger partial charge is 0.236 e. The minimum absolute atomic E-state index is 0.152. The lowest BCUT2D eigenvalue weighted by atomic mass is 10.1. The van der Waals surface area contributed by atoms with Crippen LogP contribution < -0.4 is 5.73 Å². The van der Waals surface area contributed by atoms with Crippen molar-refractivity contribution in [2.75, 3.05) is 33.2 Å². The molecular formula is C16H33N3OS. The number of nitrogens with zero attached hydrogens (tertiary/aromatic N) is 2. The Balaban J connectivity index is 4.33. The van der Waals surface area contributed by atoms with Crippen molar-refractivity contribution in [3.63, 3.8) is 0 Å². The van der Waals surface area contributed by atoms with Crippen molar-refractivity contribution >= 4 is 23.1 Å². The Labute approximate surface area is 136 Å². The zero-order valence-electron chi connectivity index (χ0n) is 14.4. The summed E-state index contributed by atoms with van der Waals surface area (Å²) in [4.78, 5) is 16.7. The summed E-state index contributed by atoms with van der Waals surface area (Å²) in [5.74, 6) is 1.47. The van der Waals surface area contributed by atoms with E-state index in [-0.39, 0.29) is 5.91 Å². The number of nitrogens with two attached hydrogens (primary N) is 1. The van der Waals surface area contributed by atoms with Gasteiger partial charge in [0.15, 0.2) is 0 Å². The minimum Gasteiger partial charge on any atom is -0.393 e. The van der Waals surface area contributed by atoms with Crippen molar-refractivity contribution in [2.45, 2.75) is 47.0 Å². The van der Waals surface area contributed by atoms with Crippen LogP contribution in [0.5, 0.6) is 0 Å². The highest BCUT2D eigenvalue weighted by molar-refractivity contribution is 7.80. The number of hydrogen-bond donors (Lipinski definition) is 1. The van der Waals surface area contributed by atoms with Gasteiger partial charge in [0, 0.05) is 20.0 Å². The Morgan fingerprint density at radius 1 is 1.05 bits per heavy atom. The van der Waals surface area contributed by atoms with E-state index in [4.69, 9.17) is 18.0 Å². The fourth-order valence-corrected chi connectivity index (χ4v) is 1.96. The van der Waals surface area contributed by atoms with Gasteiger partial charge < -0.3 is 10.6 Å². The van der Waals surface area contributed by atoms with Crippen LogP contribution in [0.3, 0.4) is 0 Å². The number of carbonyl (C=O) groups excluding carboxylic acids is 1. The predicted octanol–water partition coefficient (Wildman–Crippen LogP) is 2.52. The van der Waals surface area contributed by atoms with E-state index in [1.165, 1.54) is 0 Å². The first-order chi connectivity index (χ1) is 9.72. The highest BCUT2D eigenvalue weighted by Crippen LogP contribution is 2.07. The average molecular weight is 316 g/mol. The van der Waals surface area contributed by atoms with Crippen molar-refractivity contribution < 1.29 is 4.79 Å². The summed E-state index contributed by atoms with van der Waals surface area (Å²) in [6.45, 7) is 11.9. The zero-order valence-corrected chi connectivity index (χ0v) is 15.2. The molecule has 0 rings (SSSR count). The molecule has 0 heterocycles. The largest absolute Gasteiger partial charge is 0.393 e. The lowest BCUT2D eigenvalue weighted by molar-refractivity contribution is -0.131. The molecule has 0 aliphatic heterocycles. The highest BCUT2D eigenvalue weighted by Gasteiger charge is 2.15. The maximum absolute atomic E-state index is 12.3. The van der Waals surface area contributed by atoms with Crippen LogP contribution in [-0.4, -0.2) is 53.9 Å². The quantitative estimate of drug-likeness (QED) is 0.595. The molecule has 0 fully saturated rings. The molecule has 0 aromatic rings. The molecule has 2 N–H and O–H groups in total. The monoisotopic (exact) mass is 315 g/mol. The van der Waals surface area contributed by atoms with Crippen molar-refractivity contribution in [2.24, 2.45) is 17.6 Å². The summed E-state index contributed by atoms with van der Waals surface area (Å²) < 4.78 is 0. The van der Waals surface area contributed by atoms with Crippen LogP contribution in [0.2, 0.25) is 0 Å². The summed E-state index contributed by atoms with van der Waals surface area (Å²) in [5, 5.41) is 0. The van der Waals surface area contributed by atoms with Crippen LogP contribution in [0.25, 0.3) is 0 Å². The molecule has 21 heavy (non-hydrogen) atoms. The standard InChI is InChI=1S/C16H33N3OS/c1-13(2)6-10-19(11-7-14(3)4)12-16(20)18(5)9-8-15(17)21/h13-14H,6-12H2,1-5H3,(H2,17,21). The van der Waals surface area contributed by atoms with Gasteiger partial charge in [-0.05, 0) is 37.8 Å². The molecule has 0 saturated carbocycles. The van der Waals surface area contributed by atoms with E-state index in [1.54, 1.807) is 4.90 Å². The summed E-state index contributed by atoms with van der Waals surface area (Å²) in [6.07, 6.45) is 2.85. The Morgan fingerprint density at radius 2 is 1.52 bits per heavy atom. The topological polar surface area (TPSA) is 49.6 Å². The molecule has 0 aromatic carbocycles. The van der Waals surface area contributed by atoms with Crippen molar-refractivity contribution in [3.05, 3.63) is 0 Å². The molecule has 0 saturated heterocycles. The number of carbonyl (C=O) groups is 1. The molecule has 0 aromatic heterocycles. The van der Waals surface area contributed by atoms with Crippen LogP contribution in [0, 0.1) is 11.8 Å². The third-order valence-corrected chi connectivity index (χ3v) is 3.73. The van der Waals surface area contributed by atoms with Crippen LogP contribution in [0.4, 0.5) is 0 Å². The van der Waals surface area contributed by atoms with Gasteiger partial charge in [0.05, 0.1) is 11.5 Å². The normalized spacial score (nSPS) is 11.4. The van der Waals surface area contributed by atoms with Crippen LogP contribution >= 0.6 is 12.2 Å². The number of amides is 1. The summed E-state index contributed by atoms with van der Waals surface area (Å²) in [5.41, 5.74) is 5.49. The maximum Gasteiger partial charge on any atom is 0.236 e. The second kappa shape index (κ2) is 11.0. The Morgan fingerprint density at radius 3 is 1.90 bits per heavy atom. The van der Waals surface area contributed by atoms with E-state index in [0.717, 1.165) is 25.9 Å². The first-order valence-electron chi connectivity index (χ1n) is 7.97. The molecule has 0 bridgehead atoms. The second-order valence-corrected chi connectivity index (χ2v) is 7.20. The molecule has 5 heteroatoms. The van der Waals surface area contributed by atoms with Crippen molar-refractivity contribution in [1.82, 2.24) is 9.80 Å². The molecule has 4 nitrogen and oxygen atoms in total. The van der Waals surface area contributed by atoms with E-state index in [0.29, 0.717) is 36.3 Å². The van der Waals surface area contributed by atoms with Crippen LogP contribution in [-0.2, 0) is 4.79 Å². The molecule has 0 spiro atoms. The summed E-state index contributed by atoms with van der Waals surface area (Å²) in [6, 6.07) is 0. The molecule has 0 unspecified atom stereocenters. The fraction of sp³-hybridized carbons (Fsp3) is 0.875. The highest BCUT2D eigenvalue weighted by atomic mass is 32.1. The van der Waals surface area contributed by atoms with Gasteiger partial charge in [0.1, 0.15) is 0 Å². The number of rotatable bonds is 11. The van der Waals surface area contributed by atoms with Gasteiger partial charge in [-0.25, -0.2) is 0 Å². The van der Waals surface area contributed by atoms with Gasteiger partial charge in [-0.2, -0.15) is 0 Å². The maximum atomic E-state index is 12.3. The Hall–Kier alpha value is -0.680. The summed E-state index contributed by atoms with van der Waals surface area (Å²) >= 11 is 4.86. The number of thiocarbonyl (C=S) groups is 1. The van der Waals surface area contributed by atoms with Gasteiger partial charge >= 0.3 is 0 Å². The molecule has 0 aliphatic carbocycles. The van der Waals surface area contributed by atoms with Gasteiger partial charge in [0.25, 0.3) is 0 Å². The molecular weight excluding hydrogens is 282 g/mol. The van der Waals surface area contributed by atoms with Crippen LogP contribution in [0.15, 0.2) is 0 Å². The van der Waals surface area contributed by atoms with Gasteiger partial charge in [-0.3, -0.25) is 9.69 Å². The van der Waals surface area contributed by atoms with Gasteiger partial charge in [-0.15, -0.1) is 0 Å². The van der Waals surface area contributed by atoms with Gasteiger partial charge in [0.2, 0.25) is 5.91 Å². The van der Waals surface area contributed by atoms with Crippen molar-refractivity contribution in [1.29, 1.82) is 0 Å². The first-order valence-corrected chi connectivity index (χ1v) is 8.37. The van der Waals surface area contributed by atoms with E-state index in [1.807, 2.05) is 7.05 Å². The van der Waals surface area contributed by atoms with Crippen molar-refractivity contribution in [3.8, 4) is 0 Å². The minimum atomic E-state index is 0.152. The Bertz CT molecular complexity index is 307. The Kier molecular flexibility index (Phi) is 10.6. The van der Waals surface area contributed by atoms with E-state index in [9.17, 15) is 4.79 Å². The molecule has 0 radical (unpaired) electrons. The molecule has 1 amide bonds. The lowest BCUT2D eigenvalue weighted by Crippen LogP contribution is -2.40. The van der Waals surface area contributed by atoms with E-state index < -0.39 is 0 Å². The molecule has 124 valence electrons. The lowest BCUT2D eigenvalue weighted by Gasteiger charge is -2.26. The third-order valence-electron chi connectivity index (χ3n) is 3.52. The van der Waals surface area contributed by atoms with Crippen LogP contribution in [0.1, 0.15) is 47.0 Å². The molecule has 0 aliphatic rings. The summed E-state index contributed by atoms with van der Waals surface area (Å²) in [7, 11) is 1.82. The SMILES string of the molecule is CC(C)CCN(CCC(C)C)CC(=O)N(C)CCC(N)=S. The third kappa shape index (κ3) is 11.6. The molecule has 0 atom stereocenters. The average Bonchev–Trinajstić information content (AvgIpc) is 2.38. The number of hydrogen-bond acceptors (Lipinski definition) is 3. The van der Waals surface area contributed by atoms with Gasteiger partial charge in [-0.1, -0.05) is 39.9 Å². The van der Waals surface area contributed by atoms with E-state index in [2.05, 4.69) is 32.6 Å². The van der Waals surface area contributed by atoms with E-state index >= 15 is 0 Å². The number of likely N-dealkylation sites (N-methyl/N-ethyl adjacent to an activating group) is 1. The first kappa shape index (κ1) is 20.3. The zero-order chi connectivity index (χ0) is 16.4. The fourth-order valence-electron chi connectivity index (χ4n) is 1.87. The predicted molar refractivity (Wildman–Crippen MR) is 94.4 cm³/mol. The second-order valence-electron chi connectivity index (χ2n) is 6.67.